The summed E-state index contributed by atoms with van der Waals surface area (Å²) in [5.41, 5.74) is 5.07. The van der Waals surface area contributed by atoms with Crippen LogP contribution in [0, 0.1) is 17.2 Å². The first-order valence-corrected chi connectivity index (χ1v) is 2.47. The molecule has 0 spiro atoms. The maximum Gasteiger partial charge on any atom is 0.225 e. The summed E-state index contributed by atoms with van der Waals surface area (Å²) in [6, 6.07) is 1.75. The number of rotatable bonds is 2. The van der Waals surface area contributed by atoms with Crippen molar-refractivity contribution in [3.63, 3.8) is 0 Å². The summed E-state index contributed by atoms with van der Waals surface area (Å²) in [5, 5.41) is 8.20. The third kappa shape index (κ3) is 1.96. The Bertz CT molecular complexity index is 178. The Morgan fingerprint density at radius 3 is 2.44 bits per heavy atom. The Hall–Kier alpha value is -1.30. The Balaban J connectivity index is 4.08. The van der Waals surface area contributed by atoms with E-state index in [1.165, 1.54) is 0 Å². The smallest absolute Gasteiger partial charge is 0.225 e. The molecule has 9 heavy (non-hydrogen) atoms. The molecular formula is C6H8N2O. The van der Waals surface area contributed by atoms with Gasteiger partial charge in [0, 0.05) is 5.57 Å². The van der Waals surface area contributed by atoms with Gasteiger partial charge in [-0.1, -0.05) is 6.58 Å². The summed E-state index contributed by atoms with van der Waals surface area (Å²) >= 11 is 0. The second-order valence-electron chi connectivity index (χ2n) is 1.76. The summed E-state index contributed by atoms with van der Waals surface area (Å²) in [6.07, 6.45) is 0. The lowest BCUT2D eigenvalue weighted by Crippen LogP contribution is -2.21. The average molecular weight is 124 g/mol. The fraction of sp³-hybridized carbons (Fsp3) is 0.333. The average Bonchev–Trinajstić information content (AvgIpc) is 1.84. The molecule has 1 amide bonds. The van der Waals surface area contributed by atoms with Gasteiger partial charge < -0.3 is 5.73 Å². The van der Waals surface area contributed by atoms with Gasteiger partial charge >= 0.3 is 0 Å². The van der Waals surface area contributed by atoms with Crippen molar-refractivity contribution in [2.45, 2.75) is 6.92 Å². The third-order valence-electron chi connectivity index (χ3n) is 1.09. The van der Waals surface area contributed by atoms with Gasteiger partial charge in [-0.05, 0) is 6.92 Å². The van der Waals surface area contributed by atoms with Crippen LogP contribution in [0.15, 0.2) is 12.2 Å². The van der Waals surface area contributed by atoms with Gasteiger partial charge in [-0.15, -0.1) is 0 Å². The van der Waals surface area contributed by atoms with Gasteiger partial charge in [0.1, 0.15) is 0 Å². The monoisotopic (exact) mass is 124 g/mol. The van der Waals surface area contributed by atoms with Crippen LogP contribution < -0.4 is 5.73 Å². The molecule has 0 saturated heterocycles. The Morgan fingerprint density at radius 1 is 1.89 bits per heavy atom. The number of amides is 1. The maximum absolute atomic E-state index is 10.3. The molecule has 0 bridgehead atoms. The van der Waals surface area contributed by atoms with Gasteiger partial charge in [0.15, 0.2) is 0 Å². The molecule has 0 aromatic heterocycles. The molecule has 1 atom stereocenters. The number of nitrogens with two attached hydrogens (primary N) is 1. The normalized spacial score (nSPS) is 11.6. The van der Waals surface area contributed by atoms with Crippen LogP contribution in [0.1, 0.15) is 6.92 Å². The predicted octanol–water partition coefficient (Wildman–Crippen LogP) is 0.188. The first kappa shape index (κ1) is 7.70. The Morgan fingerprint density at radius 2 is 2.33 bits per heavy atom. The fourth-order valence-electron chi connectivity index (χ4n) is 0.269. The molecule has 0 aliphatic heterocycles. The molecule has 1 unspecified atom stereocenters. The summed E-state index contributed by atoms with van der Waals surface area (Å²) in [5.74, 6) is -1.04. The highest BCUT2D eigenvalue weighted by Gasteiger charge is 2.10. The third-order valence-corrected chi connectivity index (χ3v) is 1.09. The lowest BCUT2D eigenvalue weighted by Gasteiger charge is -2.00. The van der Waals surface area contributed by atoms with Crippen LogP contribution in [-0.2, 0) is 4.79 Å². The second-order valence-corrected chi connectivity index (χ2v) is 1.76. The maximum atomic E-state index is 10.3. The largest absolute Gasteiger partial charge is 0.369 e. The van der Waals surface area contributed by atoms with Crippen LogP contribution >= 0.6 is 0 Å². The minimum absolute atomic E-state index is 0.211. The van der Waals surface area contributed by atoms with E-state index >= 15 is 0 Å². The Labute approximate surface area is 53.8 Å². The van der Waals surface area contributed by atoms with E-state index in [9.17, 15) is 4.79 Å². The molecule has 0 aliphatic rings. The molecule has 0 fully saturated rings. The van der Waals surface area contributed by atoms with Crippen LogP contribution in [0.4, 0.5) is 0 Å². The molecule has 0 aromatic rings. The molecule has 0 heterocycles. The van der Waals surface area contributed by atoms with Crippen LogP contribution in [-0.4, -0.2) is 5.91 Å². The molecule has 3 nitrogen and oxygen atoms in total. The molecule has 3 heteroatoms. The summed E-state index contributed by atoms with van der Waals surface area (Å²) in [7, 11) is 0. The summed E-state index contributed by atoms with van der Waals surface area (Å²) < 4.78 is 0. The number of nitrogens with zero attached hydrogens (tertiary/aromatic N) is 1. The number of nitriles is 1. The topological polar surface area (TPSA) is 66.9 Å². The molecule has 0 radical (unpaired) electrons. The van der Waals surface area contributed by atoms with Gasteiger partial charge in [-0.3, -0.25) is 4.79 Å². The summed E-state index contributed by atoms with van der Waals surface area (Å²) in [4.78, 5) is 10.3. The first-order chi connectivity index (χ1) is 4.09. The van der Waals surface area contributed by atoms with Crippen molar-refractivity contribution < 1.29 is 4.79 Å². The zero-order valence-electron chi connectivity index (χ0n) is 5.22. The number of carbonyl (C=O) groups is 1. The molecule has 2 N–H and O–H groups in total. The van der Waals surface area contributed by atoms with Gasteiger partial charge in [0.2, 0.25) is 5.91 Å². The van der Waals surface area contributed by atoms with Crippen LogP contribution in [0.25, 0.3) is 0 Å². The van der Waals surface area contributed by atoms with Crippen LogP contribution in [0.5, 0.6) is 0 Å². The van der Waals surface area contributed by atoms with E-state index in [0.29, 0.717) is 0 Å². The van der Waals surface area contributed by atoms with Crippen molar-refractivity contribution in [1.82, 2.24) is 0 Å². The van der Waals surface area contributed by atoms with Crippen molar-refractivity contribution in [1.29, 1.82) is 5.26 Å². The van der Waals surface area contributed by atoms with Crippen molar-refractivity contribution in [3.8, 4) is 6.07 Å². The lowest BCUT2D eigenvalue weighted by atomic mass is 10.0. The lowest BCUT2D eigenvalue weighted by molar-refractivity contribution is -0.120. The standard InChI is InChI=1S/C6H8N2O/c1-4(3-7)5(2)6(8)9/h5H,1H2,2H3,(H2,8,9). The van der Waals surface area contributed by atoms with E-state index in [-0.39, 0.29) is 5.57 Å². The van der Waals surface area contributed by atoms with Gasteiger partial charge in [0.05, 0.1) is 12.0 Å². The minimum atomic E-state index is -0.532. The fourth-order valence-corrected chi connectivity index (χ4v) is 0.269. The first-order valence-electron chi connectivity index (χ1n) is 2.47. The SMILES string of the molecule is C=C(C#N)C(C)C(N)=O. The van der Waals surface area contributed by atoms with E-state index in [2.05, 4.69) is 6.58 Å². The Kier molecular flexibility index (Phi) is 2.46. The molecule has 0 rings (SSSR count). The van der Waals surface area contributed by atoms with Crippen molar-refractivity contribution in [3.05, 3.63) is 12.2 Å². The highest BCUT2D eigenvalue weighted by Crippen LogP contribution is 2.04. The number of hydrogen-bond donors (Lipinski definition) is 1. The van der Waals surface area contributed by atoms with Crippen molar-refractivity contribution >= 4 is 5.91 Å². The van der Waals surface area contributed by atoms with Crippen molar-refractivity contribution in [2.75, 3.05) is 0 Å². The number of carbonyl (C=O) groups excluding carboxylic acids is 1. The van der Waals surface area contributed by atoms with Gasteiger partial charge in [-0.2, -0.15) is 5.26 Å². The quantitative estimate of drug-likeness (QED) is 0.534. The zero-order chi connectivity index (χ0) is 7.44. The number of hydrogen-bond acceptors (Lipinski definition) is 2. The second kappa shape index (κ2) is 2.88. The minimum Gasteiger partial charge on any atom is -0.369 e. The van der Waals surface area contributed by atoms with E-state index < -0.39 is 11.8 Å². The highest BCUT2D eigenvalue weighted by atomic mass is 16.1. The molecule has 48 valence electrons. The van der Waals surface area contributed by atoms with Crippen molar-refractivity contribution in [2.24, 2.45) is 11.7 Å². The van der Waals surface area contributed by atoms with E-state index in [1.807, 2.05) is 0 Å². The number of primary amides is 1. The molecule has 0 aliphatic carbocycles. The molecule has 0 aromatic carbocycles. The van der Waals surface area contributed by atoms with E-state index in [4.69, 9.17) is 11.0 Å². The van der Waals surface area contributed by atoms with Gasteiger partial charge in [-0.25, -0.2) is 0 Å². The van der Waals surface area contributed by atoms with Crippen LogP contribution in [0.2, 0.25) is 0 Å². The van der Waals surface area contributed by atoms with Crippen LogP contribution in [0.3, 0.4) is 0 Å². The van der Waals surface area contributed by atoms with E-state index in [0.717, 1.165) is 0 Å². The zero-order valence-corrected chi connectivity index (χ0v) is 5.22. The molecular weight excluding hydrogens is 116 g/mol. The van der Waals surface area contributed by atoms with E-state index in [1.54, 1.807) is 13.0 Å². The van der Waals surface area contributed by atoms with Gasteiger partial charge in [0.25, 0.3) is 0 Å². The molecule has 0 saturated carbocycles. The predicted molar refractivity (Wildman–Crippen MR) is 33.1 cm³/mol. The summed E-state index contributed by atoms with van der Waals surface area (Å²) in [6.45, 7) is 4.88. The highest BCUT2D eigenvalue weighted by molar-refractivity contribution is 5.80.